The first-order valence-electron chi connectivity index (χ1n) is 3.34. The zero-order valence-electron chi connectivity index (χ0n) is 6.35. The van der Waals surface area contributed by atoms with Crippen LogP contribution in [0.15, 0.2) is 24.3 Å². The van der Waals surface area contributed by atoms with E-state index in [1.54, 1.807) is 0 Å². The van der Waals surface area contributed by atoms with Gasteiger partial charge in [-0.1, -0.05) is 0 Å². The van der Waals surface area contributed by atoms with E-state index in [-0.39, 0.29) is 5.56 Å². The molecule has 0 aliphatic heterocycles. The van der Waals surface area contributed by atoms with Crippen LogP contribution in [0.2, 0.25) is 0 Å². The van der Waals surface area contributed by atoms with Gasteiger partial charge in [0.1, 0.15) is 0 Å². The lowest BCUT2D eigenvalue weighted by atomic mass is 10.1. The maximum Gasteiger partial charge on any atom is 0.416 e. The highest BCUT2D eigenvalue weighted by Crippen LogP contribution is 2.28. The van der Waals surface area contributed by atoms with Crippen LogP contribution in [0.5, 0.6) is 0 Å². The molecule has 0 spiro atoms. The molecule has 13 heavy (non-hydrogen) atoms. The number of hydrogen-bond donors (Lipinski definition) is 0. The van der Waals surface area contributed by atoms with Crippen molar-refractivity contribution in [2.45, 2.75) is 6.18 Å². The van der Waals surface area contributed by atoms with Crippen LogP contribution in [0, 0.1) is 0 Å². The first-order chi connectivity index (χ1) is 5.91. The lowest BCUT2D eigenvalue weighted by molar-refractivity contribution is -0.137. The van der Waals surface area contributed by atoms with Crippen LogP contribution in [0.1, 0.15) is 15.9 Å². The van der Waals surface area contributed by atoms with E-state index >= 15 is 0 Å². The summed E-state index contributed by atoms with van der Waals surface area (Å²) in [5, 5.41) is 0. The second kappa shape index (κ2) is 3.08. The minimum atomic E-state index is -4.40. The highest BCUT2D eigenvalue weighted by atomic mass is 19.4. The molecule has 2 nitrogen and oxygen atoms in total. The van der Waals surface area contributed by atoms with Gasteiger partial charge in [0.2, 0.25) is 0 Å². The summed E-state index contributed by atoms with van der Waals surface area (Å²) in [4.78, 5) is 10.4. The third-order valence-corrected chi connectivity index (χ3v) is 1.47. The van der Waals surface area contributed by atoms with Crippen molar-refractivity contribution in [1.82, 2.24) is 5.73 Å². The number of carbonyl (C=O) groups is 1. The fourth-order valence-corrected chi connectivity index (χ4v) is 0.811. The molecule has 69 valence electrons. The van der Waals surface area contributed by atoms with Crippen molar-refractivity contribution in [3.63, 3.8) is 0 Å². The Labute approximate surface area is 72.2 Å². The molecule has 0 aromatic heterocycles. The summed E-state index contributed by atoms with van der Waals surface area (Å²) in [6, 6.07) is 3.53. The summed E-state index contributed by atoms with van der Waals surface area (Å²) in [6.07, 6.45) is -4.40. The fourth-order valence-electron chi connectivity index (χ4n) is 0.811. The summed E-state index contributed by atoms with van der Waals surface area (Å²) in [5.41, 5.74) is 5.76. The lowest BCUT2D eigenvalue weighted by Crippen LogP contribution is -2.06. The van der Waals surface area contributed by atoms with Gasteiger partial charge in [-0.25, -0.2) is 0 Å². The molecule has 1 aromatic rings. The number of rotatable bonds is 1. The first kappa shape index (κ1) is 9.57. The van der Waals surface area contributed by atoms with Crippen LogP contribution in [-0.2, 0) is 6.18 Å². The third kappa shape index (κ3) is 2.21. The van der Waals surface area contributed by atoms with Crippen LogP contribution in [-0.4, -0.2) is 5.91 Å². The average Bonchev–Trinajstić information content (AvgIpc) is 2.03. The van der Waals surface area contributed by atoms with Crippen LogP contribution < -0.4 is 5.73 Å². The van der Waals surface area contributed by atoms with E-state index in [1.807, 2.05) is 0 Å². The molecule has 0 aliphatic carbocycles. The second-order valence-electron chi connectivity index (χ2n) is 2.40. The normalized spacial score (nSPS) is 11.3. The monoisotopic (exact) mass is 188 g/mol. The first-order valence-corrected chi connectivity index (χ1v) is 3.34. The molecule has 0 heterocycles. The Morgan fingerprint density at radius 3 is 1.92 bits per heavy atom. The molecule has 1 radical (unpaired) electrons. The minimum Gasteiger partial charge on any atom is -0.267 e. The molecule has 0 aliphatic rings. The quantitative estimate of drug-likeness (QED) is 0.665. The molecule has 0 atom stereocenters. The summed E-state index contributed by atoms with van der Waals surface area (Å²) >= 11 is 0. The van der Waals surface area contributed by atoms with Crippen molar-refractivity contribution < 1.29 is 18.0 Å². The molecule has 0 fully saturated rings. The maximum atomic E-state index is 12.0. The topological polar surface area (TPSA) is 40.9 Å². The molecule has 0 saturated carbocycles. The molecule has 5 heteroatoms. The smallest absolute Gasteiger partial charge is 0.267 e. The Bertz CT molecular complexity index is 315. The van der Waals surface area contributed by atoms with E-state index in [0.717, 1.165) is 24.3 Å². The number of nitrogens with one attached hydrogen (secondary N) is 1. The number of hydrogen-bond acceptors (Lipinski definition) is 1. The molecule has 0 unspecified atom stereocenters. The van der Waals surface area contributed by atoms with Crippen LogP contribution in [0.4, 0.5) is 13.2 Å². The van der Waals surface area contributed by atoms with E-state index < -0.39 is 17.6 Å². The SMILES string of the molecule is [NH]C(=O)c1ccc(C(F)(F)F)cc1. The number of amides is 1. The summed E-state index contributed by atoms with van der Waals surface area (Å²) in [7, 11) is 0. The van der Waals surface area contributed by atoms with Crippen LogP contribution in [0.25, 0.3) is 0 Å². The van der Waals surface area contributed by atoms with Gasteiger partial charge < -0.3 is 0 Å². The Hall–Kier alpha value is -1.52. The molecular weight excluding hydrogens is 183 g/mol. The third-order valence-electron chi connectivity index (χ3n) is 1.47. The molecule has 1 aromatic carbocycles. The number of carbonyl (C=O) groups excluding carboxylic acids is 1. The van der Waals surface area contributed by atoms with Gasteiger partial charge in [0.05, 0.1) is 5.56 Å². The van der Waals surface area contributed by atoms with Gasteiger partial charge in [0, 0.05) is 5.56 Å². The minimum absolute atomic E-state index is 0.0481. The predicted octanol–water partition coefficient (Wildman–Crippen LogP) is 2.13. The van der Waals surface area contributed by atoms with Crippen molar-refractivity contribution in [1.29, 1.82) is 0 Å². The average molecular weight is 188 g/mol. The largest absolute Gasteiger partial charge is 0.416 e. The van der Waals surface area contributed by atoms with Crippen LogP contribution >= 0.6 is 0 Å². The fraction of sp³-hybridized carbons (Fsp3) is 0.125. The van der Waals surface area contributed by atoms with Crippen molar-refractivity contribution in [3.05, 3.63) is 35.4 Å². The van der Waals surface area contributed by atoms with Gasteiger partial charge in [0.25, 0.3) is 5.91 Å². The summed E-state index contributed by atoms with van der Waals surface area (Å²) in [5.74, 6) is -0.992. The molecule has 1 N–H and O–H groups in total. The highest BCUT2D eigenvalue weighted by Gasteiger charge is 2.30. The Morgan fingerprint density at radius 2 is 1.62 bits per heavy atom. The van der Waals surface area contributed by atoms with Gasteiger partial charge in [0.15, 0.2) is 0 Å². The molecular formula is C8H5F3NO. The van der Waals surface area contributed by atoms with Gasteiger partial charge >= 0.3 is 6.18 Å². The standard InChI is InChI=1S/C8H5F3NO/c9-8(10,11)6-3-1-5(2-4-6)7(12)13/h1-4,12H. The highest BCUT2D eigenvalue weighted by molar-refractivity contribution is 5.92. The van der Waals surface area contributed by atoms with E-state index in [9.17, 15) is 18.0 Å². The Morgan fingerprint density at radius 1 is 1.15 bits per heavy atom. The van der Waals surface area contributed by atoms with E-state index in [4.69, 9.17) is 5.73 Å². The zero-order valence-corrected chi connectivity index (χ0v) is 6.35. The molecule has 1 rings (SSSR count). The summed E-state index contributed by atoms with van der Waals surface area (Å²) in [6.45, 7) is 0. The summed E-state index contributed by atoms with van der Waals surface area (Å²) < 4.78 is 36.0. The van der Waals surface area contributed by atoms with E-state index in [2.05, 4.69) is 0 Å². The van der Waals surface area contributed by atoms with Crippen molar-refractivity contribution in [2.24, 2.45) is 0 Å². The molecule has 0 saturated heterocycles. The van der Waals surface area contributed by atoms with Gasteiger partial charge in [-0.05, 0) is 24.3 Å². The van der Waals surface area contributed by atoms with Gasteiger partial charge in [-0.2, -0.15) is 13.2 Å². The second-order valence-corrected chi connectivity index (χ2v) is 2.40. The Kier molecular flexibility index (Phi) is 2.27. The number of alkyl halides is 3. The van der Waals surface area contributed by atoms with Gasteiger partial charge in [-0.3, -0.25) is 10.5 Å². The number of halogens is 3. The van der Waals surface area contributed by atoms with E-state index in [1.165, 1.54) is 0 Å². The maximum absolute atomic E-state index is 12.0. The molecule has 0 bridgehead atoms. The number of benzene rings is 1. The van der Waals surface area contributed by atoms with E-state index in [0.29, 0.717) is 0 Å². The van der Waals surface area contributed by atoms with Crippen molar-refractivity contribution in [2.75, 3.05) is 0 Å². The zero-order chi connectivity index (χ0) is 10.1. The predicted molar refractivity (Wildman–Crippen MR) is 38.9 cm³/mol. The van der Waals surface area contributed by atoms with Gasteiger partial charge in [-0.15, -0.1) is 0 Å². The molecule has 1 amide bonds. The van der Waals surface area contributed by atoms with Crippen molar-refractivity contribution in [3.8, 4) is 0 Å². The lowest BCUT2D eigenvalue weighted by Gasteiger charge is -2.05. The van der Waals surface area contributed by atoms with Crippen molar-refractivity contribution >= 4 is 5.91 Å². The van der Waals surface area contributed by atoms with Crippen LogP contribution in [0.3, 0.4) is 0 Å². The Balaban J connectivity index is 3.01.